The van der Waals surface area contributed by atoms with E-state index in [0.29, 0.717) is 31.3 Å². The highest BCUT2D eigenvalue weighted by Gasteiger charge is 2.27. The zero-order chi connectivity index (χ0) is 26.5. The molecule has 5 rings (SSSR count). The van der Waals surface area contributed by atoms with Crippen LogP contribution in [0.3, 0.4) is 0 Å². The van der Waals surface area contributed by atoms with Gasteiger partial charge in [-0.15, -0.1) is 0 Å². The Morgan fingerprint density at radius 1 is 1.05 bits per heavy atom. The maximum Gasteiger partial charge on any atom is 0.304 e. The zero-order valence-electron chi connectivity index (χ0n) is 22.0. The summed E-state index contributed by atoms with van der Waals surface area (Å²) in [6.45, 7) is 6.47. The highest BCUT2D eigenvalue weighted by Crippen LogP contribution is 2.41. The molecule has 2 aliphatic heterocycles. The van der Waals surface area contributed by atoms with Crippen molar-refractivity contribution in [1.29, 1.82) is 0 Å². The first-order chi connectivity index (χ1) is 18.5. The zero-order valence-corrected chi connectivity index (χ0v) is 22.8. The maximum absolute atomic E-state index is 11.1. The number of fused-ring (bicyclic) bond motifs is 4. The van der Waals surface area contributed by atoms with Crippen LogP contribution in [0.4, 0.5) is 0 Å². The van der Waals surface area contributed by atoms with E-state index in [4.69, 9.17) is 24.1 Å². The second-order valence-electron chi connectivity index (χ2n) is 9.70. The minimum Gasteiger partial charge on any atom is -0.494 e. The monoisotopic (exact) mass is 534 g/mol. The van der Waals surface area contributed by atoms with Crippen molar-refractivity contribution in [3.05, 3.63) is 70.8 Å². The average Bonchev–Trinajstić information content (AvgIpc) is 3.18. The number of hydrogen-bond acceptors (Lipinski definition) is 6. The van der Waals surface area contributed by atoms with E-state index in [0.717, 1.165) is 59.1 Å². The fraction of sp³-hybridized carbons (Fsp3) is 0.387. The molecule has 0 bridgehead atoms. The molecular weight excluding hydrogens is 500 g/mol. The molecule has 200 valence electrons. The first kappa shape index (κ1) is 26.3. The Morgan fingerprint density at radius 2 is 1.95 bits per heavy atom. The lowest BCUT2D eigenvalue weighted by molar-refractivity contribution is -0.137. The number of carboxylic acid groups (broad SMARTS) is 1. The summed E-state index contributed by atoms with van der Waals surface area (Å²) in [7, 11) is 0. The Kier molecular flexibility index (Phi) is 8.32. The van der Waals surface area contributed by atoms with Crippen molar-refractivity contribution in [2.24, 2.45) is 0 Å². The SMILES string of the molecule is CCSCCCOc1cc(C)c2c(c1)CCOc1ccc(COc3ccc4c(c3)OCC4CC(=O)O)cc1-2. The van der Waals surface area contributed by atoms with E-state index in [1.807, 2.05) is 42.1 Å². The van der Waals surface area contributed by atoms with E-state index in [1.165, 1.54) is 16.7 Å². The summed E-state index contributed by atoms with van der Waals surface area (Å²) in [5, 5.41) is 9.12. The van der Waals surface area contributed by atoms with Gasteiger partial charge in [-0.2, -0.15) is 11.8 Å². The fourth-order valence-electron chi connectivity index (χ4n) is 5.14. The molecule has 0 fully saturated rings. The van der Waals surface area contributed by atoms with Crippen molar-refractivity contribution in [2.75, 3.05) is 31.3 Å². The number of aryl methyl sites for hydroxylation is 1. The minimum atomic E-state index is -0.818. The second-order valence-corrected chi connectivity index (χ2v) is 11.1. The van der Waals surface area contributed by atoms with Gasteiger partial charge in [-0.25, -0.2) is 0 Å². The van der Waals surface area contributed by atoms with E-state index in [9.17, 15) is 4.79 Å². The topological polar surface area (TPSA) is 74.2 Å². The average molecular weight is 535 g/mol. The van der Waals surface area contributed by atoms with Gasteiger partial charge in [0.2, 0.25) is 0 Å². The van der Waals surface area contributed by atoms with Gasteiger partial charge in [-0.3, -0.25) is 4.79 Å². The fourth-order valence-corrected chi connectivity index (χ4v) is 5.75. The van der Waals surface area contributed by atoms with Gasteiger partial charge in [0.15, 0.2) is 0 Å². The van der Waals surface area contributed by atoms with Gasteiger partial charge in [-0.05, 0) is 77.4 Å². The Hall–Kier alpha value is -3.32. The van der Waals surface area contributed by atoms with E-state index in [-0.39, 0.29) is 12.3 Å². The van der Waals surface area contributed by atoms with Crippen LogP contribution < -0.4 is 18.9 Å². The molecule has 7 heteroatoms. The van der Waals surface area contributed by atoms with Crippen LogP contribution in [0.5, 0.6) is 23.0 Å². The molecule has 3 aromatic rings. The van der Waals surface area contributed by atoms with Gasteiger partial charge < -0.3 is 24.1 Å². The number of carboxylic acids is 1. The molecule has 0 saturated heterocycles. The first-order valence-electron chi connectivity index (χ1n) is 13.2. The third-order valence-corrected chi connectivity index (χ3v) is 7.92. The van der Waals surface area contributed by atoms with Gasteiger partial charge in [0.05, 0.1) is 26.2 Å². The minimum absolute atomic E-state index is 0.0665. The van der Waals surface area contributed by atoms with Crippen LogP contribution in [-0.2, 0) is 17.8 Å². The third-order valence-electron chi connectivity index (χ3n) is 6.93. The smallest absolute Gasteiger partial charge is 0.304 e. The highest BCUT2D eigenvalue weighted by molar-refractivity contribution is 7.99. The molecule has 0 radical (unpaired) electrons. The van der Waals surface area contributed by atoms with Gasteiger partial charge in [0.1, 0.15) is 29.6 Å². The van der Waals surface area contributed by atoms with E-state index in [1.54, 1.807) is 0 Å². The molecule has 1 unspecified atom stereocenters. The summed E-state index contributed by atoms with van der Waals surface area (Å²) in [6, 6.07) is 16.2. The summed E-state index contributed by atoms with van der Waals surface area (Å²) in [5.74, 6) is 4.54. The molecule has 0 aliphatic carbocycles. The molecule has 0 spiro atoms. The van der Waals surface area contributed by atoms with Crippen LogP contribution in [0.15, 0.2) is 48.5 Å². The summed E-state index contributed by atoms with van der Waals surface area (Å²) < 4.78 is 24.0. The van der Waals surface area contributed by atoms with E-state index in [2.05, 4.69) is 32.0 Å². The number of carbonyl (C=O) groups is 1. The van der Waals surface area contributed by atoms with Gasteiger partial charge in [0, 0.05) is 29.5 Å². The number of thioether (sulfide) groups is 1. The normalized spacial score (nSPS) is 15.4. The molecule has 38 heavy (non-hydrogen) atoms. The van der Waals surface area contributed by atoms with Crippen molar-refractivity contribution in [2.45, 2.75) is 45.6 Å². The lowest BCUT2D eigenvalue weighted by atomic mass is 9.92. The number of hydrogen-bond donors (Lipinski definition) is 1. The Labute approximate surface area is 228 Å². The molecule has 2 aliphatic rings. The van der Waals surface area contributed by atoms with Crippen LogP contribution in [-0.4, -0.2) is 42.4 Å². The van der Waals surface area contributed by atoms with Gasteiger partial charge in [0.25, 0.3) is 0 Å². The van der Waals surface area contributed by atoms with Crippen LogP contribution in [0.1, 0.15) is 47.9 Å². The highest BCUT2D eigenvalue weighted by atomic mass is 32.2. The van der Waals surface area contributed by atoms with Crippen molar-refractivity contribution in [3.8, 4) is 34.1 Å². The van der Waals surface area contributed by atoms with Gasteiger partial charge >= 0.3 is 5.97 Å². The second kappa shape index (κ2) is 12.0. The number of benzene rings is 3. The number of rotatable bonds is 11. The summed E-state index contributed by atoms with van der Waals surface area (Å²) in [6.07, 6.45) is 1.94. The predicted octanol–water partition coefficient (Wildman–Crippen LogP) is 6.65. The largest absolute Gasteiger partial charge is 0.494 e. The van der Waals surface area contributed by atoms with Crippen LogP contribution in [0.2, 0.25) is 0 Å². The number of aliphatic carboxylic acids is 1. The molecule has 2 heterocycles. The molecule has 1 N–H and O–H groups in total. The summed E-state index contributed by atoms with van der Waals surface area (Å²) >= 11 is 1.94. The van der Waals surface area contributed by atoms with E-state index >= 15 is 0 Å². The van der Waals surface area contributed by atoms with Crippen molar-refractivity contribution < 1.29 is 28.8 Å². The van der Waals surface area contributed by atoms with Crippen molar-refractivity contribution in [1.82, 2.24) is 0 Å². The van der Waals surface area contributed by atoms with Crippen molar-refractivity contribution >= 4 is 17.7 Å². The molecule has 0 aromatic heterocycles. The summed E-state index contributed by atoms with van der Waals surface area (Å²) in [4.78, 5) is 11.1. The summed E-state index contributed by atoms with van der Waals surface area (Å²) in [5.41, 5.74) is 6.68. The molecule has 0 saturated carbocycles. The standard InChI is InChI=1S/C31H34O6S/c1-3-38-12-4-10-34-25-13-20(2)31-22(15-25)9-11-35-28-8-5-21(14-27(28)31)18-36-24-6-7-26-23(16-30(32)33)19-37-29(26)17-24/h5-8,13-15,17,23H,3-4,9-12,16,18-19H2,1-2H3,(H,32,33). The van der Waals surface area contributed by atoms with Crippen molar-refractivity contribution in [3.63, 3.8) is 0 Å². The first-order valence-corrected chi connectivity index (χ1v) is 14.4. The van der Waals surface area contributed by atoms with Crippen LogP contribution in [0, 0.1) is 6.92 Å². The molecular formula is C31H34O6S. The molecule has 3 aromatic carbocycles. The quantitative estimate of drug-likeness (QED) is 0.276. The molecule has 1 atom stereocenters. The Balaban J connectivity index is 1.30. The number of ether oxygens (including phenoxy) is 4. The molecule has 0 amide bonds. The predicted molar refractivity (Wildman–Crippen MR) is 150 cm³/mol. The van der Waals surface area contributed by atoms with E-state index < -0.39 is 5.97 Å². The maximum atomic E-state index is 11.1. The van der Waals surface area contributed by atoms with Gasteiger partial charge in [-0.1, -0.05) is 19.1 Å². The van der Waals surface area contributed by atoms with Crippen LogP contribution >= 0.6 is 11.8 Å². The Morgan fingerprint density at radius 3 is 2.79 bits per heavy atom. The lowest BCUT2D eigenvalue weighted by Gasteiger charge is -2.16. The Bertz CT molecular complexity index is 1300. The van der Waals surface area contributed by atoms with Crippen LogP contribution in [0.25, 0.3) is 11.1 Å². The molecule has 6 nitrogen and oxygen atoms in total. The lowest BCUT2D eigenvalue weighted by Crippen LogP contribution is -2.07. The third kappa shape index (κ3) is 6.04.